The molecule has 3 nitrogen and oxygen atoms in total. The molecule has 1 heterocycles. The Hall–Kier alpha value is -0.570. The predicted octanol–water partition coefficient (Wildman–Crippen LogP) is 2.32. The fourth-order valence-electron chi connectivity index (χ4n) is 3.70. The smallest absolute Gasteiger partial charge is 0.223 e. The van der Waals surface area contributed by atoms with E-state index in [2.05, 4.69) is 31.4 Å². The van der Waals surface area contributed by atoms with E-state index in [1.54, 1.807) is 0 Å². The highest BCUT2D eigenvalue weighted by Crippen LogP contribution is 2.34. The van der Waals surface area contributed by atoms with Crippen molar-refractivity contribution in [1.29, 1.82) is 0 Å². The molecular formula is C15H28N2O. The van der Waals surface area contributed by atoms with Gasteiger partial charge in [0.25, 0.3) is 0 Å². The van der Waals surface area contributed by atoms with E-state index in [0.29, 0.717) is 23.9 Å². The van der Waals surface area contributed by atoms with Gasteiger partial charge in [-0.1, -0.05) is 20.3 Å². The van der Waals surface area contributed by atoms with E-state index in [0.717, 1.165) is 25.3 Å². The van der Waals surface area contributed by atoms with Crippen LogP contribution >= 0.6 is 0 Å². The number of carbonyl (C=O) groups is 1. The van der Waals surface area contributed by atoms with Gasteiger partial charge in [-0.3, -0.25) is 4.79 Å². The van der Waals surface area contributed by atoms with Crippen LogP contribution in [0.4, 0.5) is 0 Å². The molecule has 1 saturated heterocycles. The molecule has 0 spiro atoms. The van der Waals surface area contributed by atoms with Gasteiger partial charge in [-0.05, 0) is 51.0 Å². The zero-order valence-electron chi connectivity index (χ0n) is 12.0. The highest BCUT2D eigenvalue weighted by atomic mass is 16.1. The first-order valence-corrected chi connectivity index (χ1v) is 7.65. The Balaban J connectivity index is 1.84. The van der Waals surface area contributed by atoms with Gasteiger partial charge >= 0.3 is 0 Å². The molecule has 2 rings (SSSR count). The van der Waals surface area contributed by atoms with Gasteiger partial charge < -0.3 is 10.6 Å². The van der Waals surface area contributed by atoms with Crippen LogP contribution in [0.15, 0.2) is 0 Å². The number of carbonyl (C=O) groups excluding carboxylic acids is 1. The number of amides is 1. The summed E-state index contributed by atoms with van der Waals surface area (Å²) in [5.41, 5.74) is 0. The maximum atomic E-state index is 12.3. The largest absolute Gasteiger partial charge is 0.353 e. The summed E-state index contributed by atoms with van der Waals surface area (Å²) < 4.78 is 0. The minimum atomic E-state index is 0.231. The summed E-state index contributed by atoms with van der Waals surface area (Å²) in [5.74, 6) is 1.99. The van der Waals surface area contributed by atoms with Crippen LogP contribution in [0.25, 0.3) is 0 Å². The third-order valence-corrected chi connectivity index (χ3v) is 5.07. The van der Waals surface area contributed by atoms with Crippen LogP contribution in [0, 0.1) is 17.8 Å². The van der Waals surface area contributed by atoms with E-state index >= 15 is 0 Å². The Morgan fingerprint density at radius 1 is 1.28 bits per heavy atom. The average Bonchev–Trinajstić information content (AvgIpc) is 2.70. The highest BCUT2D eigenvalue weighted by Gasteiger charge is 2.34. The number of hydrogen-bond acceptors (Lipinski definition) is 2. The summed E-state index contributed by atoms with van der Waals surface area (Å²) in [6.07, 6.45) is 5.69. The van der Waals surface area contributed by atoms with E-state index in [9.17, 15) is 4.79 Å². The second kappa shape index (κ2) is 6.05. The van der Waals surface area contributed by atoms with Crippen molar-refractivity contribution in [3.63, 3.8) is 0 Å². The van der Waals surface area contributed by atoms with Crippen LogP contribution in [0.5, 0.6) is 0 Å². The summed E-state index contributed by atoms with van der Waals surface area (Å²) in [6.45, 7) is 7.72. The molecular weight excluding hydrogens is 224 g/mol. The monoisotopic (exact) mass is 252 g/mol. The van der Waals surface area contributed by atoms with Crippen LogP contribution in [0.3, 0.4) is 0 Å². The van der Waals surface area contributed by atoms with Crippen molar-refractivity contribution in [3.05, 3.63) is 0 Å². The topological polar surface area (TPSA) is 41.1 Å². The van der Waals surface area contributed by atoms with E-state index in [-0.39, 0.29) is 5.92 Å². The molecule has 1 aliphatic heterocycles. The van der Waals surface area contributed by atoms with Gasteiger partial charge in [-0.25, -0.2) is 0 Å². The second-order valence-electron chi connectivity index (χ2n) is 6.30. The third-order valence-electron chi connectivity index (χ3n) is 5.07. The van der Waals surface area contributed by atoms with Crippen molar-refractivity contribution in [3.8, 4) is 0 Å². The Kier molecular flexibility index (Phi) is 4.66. The first kappa shape index (κ1) is 13.9. The molecule has 3 heteroatoms. The molecule has 5 unspecified atom stereocenters. The van der Waals surface area contributed by atoms with E-state index in [1.807, 2.05) is 0 Å². The maximum Gasteiger partial charge on any atom is 0.223 e. The van der Waals surface area contributed by atoms with Crippen LogP contribution in [0.2, 0.25) is 0 Å². The quantitative estimate of drug-likeness (QED) is 0.809. The van der Waals surface area contributed by atoms with Crippen molar-refractivity contribution in [2.24, 2.45) is 17.8 Å². The SMILES string of the molecule is CCC1CCC(NC(=O)C2CCNC(C)C2)C1C. The molecule has 0 radical (unpaired) electrons. The summed E-state index contributed by atoms with van der Waals surface area (Å²) in [5, 5.41) is 6.72. The van der Waals surface area contributed by atoms with Gasteiger partial charge in [0, 0.05) is 18.0 Å². The van der Waals surface area contributed by atoms with Crippen LogP contribution < -0.4 is 10.6 Å². The van der Waals surface area contributed by atoms with Gasteiger partial charge in [-0.2, -0.15) is 0 Å². The lowest BCUT2D eigenvalue weighted by atomic mass is 9.90. The normalized spacial score (nSPS) is 40.7. The molecule has 5 atom stereocenters. The number of rotatable bonds is 3. The molecule has 2 fully saturated rings. The fraction of sp³-hybridized carbons (Fsp3) is 0.933. The van der Waals surface area contributed by atoms with Gasteiger partial charge in [0.05, 0.1) is 0 Å². The van der Waals surface area contributed by atoms with Crippen molar-refractivity contribution in [1.82, 2.24) is 10.6 Å². The lowest BCUT2D eigenvalue weighted by molar-refractivity contribution is -0.127. The summed E-state index contributed by atoms with van der Waals surface area (Å²) in [7, 11) is 0. The average molecular weight is 252 g/mol. The molecule has 0 aromatic rings. The highest BCUT2D eigenvalue weighted by molar-refractivity contribution is 5.79. The number of piperidine rings is 1. The molecule has 104 valence electrons. The van der Waals surface area contributed by atoms with Gasteiger partial charge in [-0.15, -0.1) is 0 Å². The van der Waals surface area contributed by atoms with Crippen LogP contribution in [0.1, 0.15) is 52.9 Å². The summed E-state index contributed by atoms with van der Waals surface area (Å²) in [6, 6.07) is 0.909. The van der Waals surface area contributed by atoms with Gasteiger partial charge in [0.15, 0.2) is 0 Å². The van der Waals surface area contributed by atoms with Crippen LogP contribution in [-0.2, 0) is 4.79 Å². The third kappa shape index (κ3) is 3.05. The van der Waals surface area contributed by atoms with Crippen molar-refractivity contribution in [2.75, 3.05) is 6.54 Å². The molecule has 2 aliphatic rings. The Morgan fingerprint density at radius 3 is 2.67 bits per heavy atom. The summed E-state index contributed by atoms with van der Waals surface area (Å²) in [4.78, 5) is 12.3. The molecule has 2 N–H and O–H groups in total. The molecule has 1 aliphatic carbocycles. The second-order valence-corrected chi connectivity index (χ2v) is 6.30. The lowest BCUT2D eigenvalue weighted by Crippen LogP contribution is -2.46. The van der Waals surface area contributed by atoms with E-state index < -0.39 is 0 Å². The molecule has 18 heavy (non-hydrogen) atoms. The molecule has 0 bridgehead atoms. The van der Waals surface area contributed by atoms with Crippen LogP contribution in [-0.4, -0.2) is 24.5 Å². The lowest BCUT2D eigenvalue weighted by Gasteiger charge is -2.29. The Morgan fingerprint density at radius 2 is 2.06 bits per heavy atom. The zero-order chi connectivity index (χ0) is 13.1. The number of hydrogen-bond donors (Lipinski definition) is 2. The van der Waals surface area contributed by atoms with Crippen molar-refractivity contribution in [2.45, 2.75) is 65.0 Å². The Labute approximate surface area is 111 Å². The Bertz CT molecular complexity index is 292. The molecule has 0 aromatic heterocycles. The zero-order valence-corrected chi connectivity index (χ0v) is 12.0. The summed E-state index contributed by atoms with van der Waals surface area (Å²) >= 11 is 0. The standard InChI is InChI=1S/C15H28N2O/c1-4-12-5-6-14(11(12)3)17-15(18)13-7-8-16-10(2)9-13/h10-14,16H,4-9H2,1-3H3,(H,17,18). The molecule has 1 amide bonds. The number of nitrogens with one attached hydrogen (secondary N) is 2. The molecule has 1 saturated carbocycles. The fourth-order valence-corrected chi connectivity index (χ4v) is 3.70. The van der Waals surface area contributed by atoms with Gasteiger partial charge in [0.1, 0.15) is 0 Å². The van der Waals surface area contributed by atoms with Crippen molar-refractivity contribution < 1.29 is 4.79 Å². The van der Waals surface area contributed by atoms with E-state index in [1.165, 1.54) is 19.3 Å². The molecule has 0 aromatic carbocycles. The predicted molar refractivity (Wildman–Crippen MR) is 74.3 cm³/mol. The first-order chi connectivity index (χ1) is 8.61. The minimum Gasteiger partial charge on any atom is -0.353 e. The first-order valence-electron chi connectivity index (χ1n) is 7.65. The van der Waals surface area contributed by atoms with Crippen molar-refractivity contribution >= 4 is 5.91 Å². The van der Waals surface area contributed by atoms with E-state index in [4.69, 9.17) is 0 Å². The minimum absolute atomic E-state index is 0.231. The maximum absolute atomic E-state index is 12.3. The van der Waals surface area contributed by atoms with Gasteiger partial charge in [0.2, 0.25) is 5.91 Å².